The van der Waals surface area contributed by atoms with Crippen LogP contribution in [0.25, 0.3) is 22.2 Å². The largest absolute Gasteiger partial charge is 0.350 e. The Kier molecular flexibility index (Phi) is 5.14. The van der Waals surface area contributed by atoms with Crippen LogP contribution in [0.2, 0.25) is 0 Å². The van der Waals surface area contributed by atoms with E-state index in [1.807, 2.05) is 68.4 Å². The van der Waals surface area contributed by atoms with Gasteiger partial charge >= 0.3 is 0 Å². The van der Waals surface area contributed by atoms with Crippen LogP contribution in [0.1, 0.15) is 29.8 Å². The Morgan fingerprint density at radius 2 is 1.83 bits per heavy atom. The molecule has 0 atom stereocenters. The molecule has 2 heterocycles. The van der Waals surface area contributed by atoms with Gasteiger partial charge < -0.3 is 5.32 Å². The van der Waals surface area contributed by atoms with Crippen molar-refractivity contribution in [1.82, 2.24) is 14.8 Å². The third kappa shape index (κ3) is 3.48. The van der Waals surface area contributed by atoms with E-state index in [1.54, 1.807) is 6.20 Å². The highest BCUT2D eigenvalue weighted by Gasteiger charge is 2.22. The summed E-state index contributed by atoms with van der Waals surface area (Å²) in [6, 6.07) is 17.2. The monoisotopic (exact) mass is 398 g/mol. The first-order valence-corrected chi connectivity index (χ1v) is 9.83. The summed E-state index contributed by atoms with van der Waals surface area (Å²) in [5.74, 6) is -0.223. The van der Waals surface area contributed by atoms with E-state index < -0.39 is 0 Å². The second-order valence-corrected chi connectivity index (χ2v) is 7.14. The summed E-state index contributed by atoms with van der Waals surface area (Å²) >= 11 is 0. The number of fused-ring (bicyclic) bond motifs is 1. The molecule has 0 bridgehead atoms. The highest BCUT2D eigenvalue weighted by Crippen LogP contribution is 2.30. The molecule has 0 unspecified atom stereocenters. The van der Waals surface area contributed by atoms with Gasteiger partial charge in [0.2, 0.25) is 0 Å². The van der Waals surface area contributed by atoms with Crippen molar-refractivity contribution in [2.75, 3.05) is 5.32 Å². The maximum absolute atomic E-state index is 13.2. The third-order valence-corrected chi connectivity index (χ3v) is 5.04. The molecule has 2 aromatic heterocycles. The summed E-state index contributed by atoms with van der Waals surface area (Å²) in [6.07, 6.45) is 1.72. The second kappa shape index (κ2) is 7.91. The van der Waals surface area contributed by atoms with E-state index in [9.17, 15) is 9.59 Å². The molecule has 0 aliphatic rings. The first-order valence-electron chi connectivity index (χ1n) is 9.83. The minimum absolute atomic E-state index is 0.223. The molecule has 6 heteroatoms. The van der Waals surface area contributed by atoms with Crippen LogP contribution in [0.5, 0.6) is 0 Å². The number of nitrogens with one attached hydrogen (secondary N) is 1. The summed E-state index contributed by atoms with van der Waals surface area (Å²) in [5.41, 5.74) is 4.08. The molecule has 6 nitrogen and oxygen atoms in total. The molecule has 0 saturated heterocycles. The molecule has 0 amide bonds. The van der Waals surface area contributed by atoms with E-state index in [0.717, 1.165) is 22.0 Å². The lowest BCUT2D eigenvalue weighted by Gasteiger charge is -2.17. The Hall–Kier alpha value is -3.80. The number of hydrogen-bond acceptors (Lipinski definition) is 5. The van der Waals surface area contributed by atoms with Crippen molar-refractivity contribution in [3.8, 4) is 11.3 Å². The van der Waals surface area contributed by atoms with Crippen LogP contribution in [0.3, 0.4) is 0 Å². The van der Waals surface area contributed by atoms with Gasteiger partial charge in [-0.2, -0.15) is 5.10 Å². The van der Waals surface area contributed by atoms with Gasteiger partial charge in [-0.3, -0.25) is 14.6 Å². The average Bonchev–Trinajstić information content (AvgIpc) is 2.75. The minimum Gasteiger partial charge on any atom is -0.350 e. The topological polar surface area (TPSA) is 76.9 Å². The molecule has 1 N–H and O–H groups in total. The van der Waals surface area contributed by atoms with E-state index in [-0.39, 0.29) is 22.6 Å². The molecule has 2 aromatic carbocycles. The Morgan fingerprint density at radius 3 is 2.53 bits per heavy atom. The molecule has 0 radical (unpaired) electrons. The quantitative estimate of drug-likeness (QED) is 0.492. The smallest absolute Gasteiger partial charge is 0.291 e. The fraction of sp³-hybridized carbons (Fsp3) is 0.167. The molecule has 150 valence electrons. The van der Waals surface area contributed by atoms with E-state index in [2.05, 4.69) is 15.4 Å². The van der Waals surface area contributed by atoms with E-state index in [0.29, 0.717) is 17.9 Å². The molecule has 0 aliphatic carbocycles. The number of carbonyl (C=O) groups is 1. The fourth-order valence-electron chi connectivity index (χ4n) is 3.50. The van der Waals surface area contributed by atoms with Gasteiger partial charge in [0.15, 0.2) is 5.78 Å². The predicted octanol–water partition coefficient (Wildman–Crippen LogP) is 4.73. The lowest BCUT2D eigenvalue weighted by atomic mass is 10.0. The van der Waals surface area contributed by atoms with Crippen molar-refractivity contribution in [1.29, 1.82) is 0 Å². The molecule has 0 fully saturated rings. The first kappa shape index (κ1) is 19.5. The number of Topliss-reactive ketones (excluding diaryl/α,β-unsaturated/α-hetero) is 1. The molecular weight excluding hydrogens is 376 g/mol. The van der Waals surface area contributed by atoms with Crippen LogP contribution in [-0.2, 0) is 6.54 Å². The second-order valence-electron chi connectivity index (χ2n) is 7.14. The Labute approximate surface area is 174 Å². The molecule has 4 rings (SSSR count). The van der Waals surface area contributed by atoms with Crippen LogP contribution in [-0.4, -0.2) is 20.5 Å². The predicted molar refractivity (Wildman–Crippen MR) is 119 cm³/mol. The standard InChI is InChI=1S/C24H22N4O2/c1-4-28-24(30)23(26-20-9-5-8-19-18(20)7-6-14-25-19)21(16(3)29)22(27-28)17-12-10-15(2)11-13-17/h5-14,26H,4H2,1-3H3. The number of aryl methyl sites for hydroxylation is 2. The number of rotatable bonds is 5. The molecule has 0 saturated carbocycles. The van der Waals surface area contributed by atoms with Gasteiger partial charge in [0, 0.05) is 29.4 Å². The van der Waals surface area contributed by atoms with Crippen molar-refractivity contribution < 1.29 is 4.79 Å². The molecule has 4 aromatic rings. The zero-order chi connectivity index (χ0) is 21.3. The molecular formula is C24H22N4O2. The summed E-state index contributed by atoms with van der Waals surface area (Å²) < 4.78 is 1.38. The Bertz CT molecular complexity index is 1300. The molecule has 0 spiro atoms. The summed E-state index contributed by atoms with van der Waals surface area (Å²) in [7, 11) is 0. The number of nitrogens with zero attached hydrogens (tertiary/aromatic N) is 3. The number of pyridine rings is 1. The third-order valence-electron chi connectivity index (χ3n) is 5.04. The van der Waals surface area contributed by atoms with E-state index in [4.69, 9.17) is 0 Å². The van der Waals surface area contributed by atoms with Crippen LogP contribution in [0.4, 0.5) is 11.4 Å². The molecule has 30 heavy (non-hydrogen) atoms. The number of ketones is 1. The zero-order valence-electron chi connectivity index (χ0n) is 17.1. The van der Waals surface area contributed by atoms with Gasteiger partial charge in [-0.15, -0.1) is 0 Å². The molecule has 0 aliphatic heterocycles. The van der Waals surface area contributed by atoms with Crippen LogP contribution in [0, 0.1) is 6.92 Å². The lowest BCUT2D eigenvalue weighted by Crippen LogP contribution is -2.28. The van der Waals surface area contributed by atoms with Gasteiger partial charge in [-0.1, -0.05) is 35.9 Å². The number of benzene rings is 2. The van der Waals surface area contributed by atoms with Crippen LogP contribution in [0.15, 0.2) is 65.6 Å². The van der Waals surface area contributed by atoms with E-state index in [1.165, 1.54) is 11.6 Å². The van der Waals surface area contributed by atoms with Crippen molar-refractivity contribution in [3.63, 3.8) is 0 Å². The van der Waals surface area contributed by atoms with Crippen LogP contribution >= 0.6 is 0 Å². The summed E-state index contributed by atoms with van der Waals surface area (Å²) in [6.45, 7) is 5.70. The Morgan fingerprint density at radius 1 is 1.07 bits per heavy atom. The van der Waals surface area contributed by atoms with Crippen molar-refractivity contribution in [2.24, 2.45) is 0 Å². The lowest BCUT2D eigenvalue weighted by molar-refractivity contribution is 0.101. The van der Waals surface area contributed by atoms with Crippen molar-refractivity contribution >= 4 is 28.1 Å². The number of hydrogen-bond donors (Lipinski definition) is 1. The van der Waals surface area contributed by atoms with Crippen LogP contribution < -0.4 is 10.9 Å². The number of carbonyl (C=O) groups excluding carboxylic acids is 1. The highest BCUT2D eigenvalue weighted by atomic mass is 16.1. The highest BCUT2D eigenvalue weighted by molar-refractivity contribution is 6.06. The van der Waals surface area contributed by atoms with Gasteiger partial charge in [-0.25, -0.2) is 4.68 Å². The Balaban J connectivity index is 1.98. The van der Waals surface area contributed by atoms with Gasteiger partial charge in [0.1, 0.15) is 11.4 Å². The minimum atomic E-state index is -0.334. The van der Waals surface area contributed by atoms with Crippen molar-refractivity contribution in [2.45, 2.75) is 27.3 Å². The number of aromatic nitrogens is 3. The first-order chi connectivity index (χ1) is 14.5. The summed E-state index contributed by atoms with van der Waals surface area (Å²) in [4.78, 5) is 30.2. The maximum atomic E-state index is 13.2. The van der Waals surface area contributed by atoms with E-state index >= 15 is 0 Å². The average molecular weight is 398 g/mol. The SMILES string of the molecule is CCn1nc(-c2ccc(C)cc2)c(C(C)=O)c(Nc2cccc3ncccc23)c1=O. The van der Waals surface area contributed by atoms with Crippen molar-refractivity contribution in [3.05, 3.63) is 82.3 Å². The maximum Gasteiger partial charge on any atom is 0.291 e. The number of anilines is 2. The zero-order valence-corrected chi connectivity index (χ0v) is 17.1. The van der Waals surface area contributed by atoms with Gasteiger partial charge in [-0.05, 0) is 45.0 Å². The summed E-state index contributed by atoms with van der Waals surface area (Å²) in [5, 5.41) is 8.60. The van der Waals surface area contributed by atoms with Gasteiger partial charge in [0.25, 0.3) is 5.56 Å². The van der Waals surface area contributed by atoms with Gasteiger partial charge in [0.05, 0.1) is 11.1 Å². The normalized spacial score (nSPS) is 10.9. The fourth-order valence-corrected chi connectivity index (χ4v) is 3.50.